The number of H-pyrrole nitrogens is 2. The third-order valence-corrected chi connectivity index (χ3v) is 10.6. The van der Waals surface area contributed by atoms with Crippen LogP contribution in [0, 0.1) is 0 Å². The quantitative estimate of drug-likeness (QED) is 0.0601. The van der Waals surface area contributed by atoms with Gasteiger partial charge in [0.1, 0.15) is 0 Å². The molecule has 0 aliphatic rings. The molecule has 0 fully saturated rings. The van der Waals surface area contributed by atoms with Crippen molar-refractivity contribution in [2.75, 3.05) is 43.6 Å². The summed E-state index contributed by atoms with van der Waals surface area (Å²) >= 11 is 2.24. The number of carbonyl (C=O) groups is 2. The average Bonchev–Trinajstić information content (AvgIpc) is 3.84. The molecular weight excluding hydrogens is 765 g/mol. The molecule has 5 heterocycles. The SMILES string of the molecule is CC(C)(COC(C)(C)CCNC(=O)CSc1nc2c(=O)[nH]c(N)nc2n1CCO)NC(=O)CSc1nc2c(=O)n3cc(-c4ccccc4)[nH]c3nc2n1CCO. The molecule has 298 valence electrons. The lowest BCUT2D eigenvalue weighted by Gasteiger charge is -2.32. The smallest absolute Gasteiger partial charge is 0.287 e. The molecule has 8 N–H and O–H groups in total. The summed E-state index contributed by atoms with van der Waals surface area (Å²) in [6, 6.07) is 9.55. The number of carbonyl (C=O) groups excluding carboxylic acids is 2. The third kappa shape index (κ3) is 9.24. The fourth-order valence-corrected chi connectivity index (χ4v) is 7.52. The molecule has 56 heavy (non-hydrogen) atoms. The maximum atomic E-state index is 13.5. The van der Waals surface area contributed by atoms with Gasteiger partial charge in [-0.25, -0.2) is 14.4 Å². The first kappa shape index (κ1) is 40.4. The largest absolute Gasteiger partial charge is 0.395 e. The van der Waals surface area contributed by atoms with Crippen LogP contribution in [0.15, 0.2) is 56.4 Å². The van der Waals surface area contributed by atoms with Crippen LogP contribution in [0.25, 0.3) is 39.4 Å². The zero-order chi connectivity index (χ0) is 40.2. The Kier molecular flexibility index (Phi) is 12.2. The van der Waals surface area contributed by atoms with E-state index >= 15 is 0 Å². The number of nitrogens with two attached hydrogens (primary N) is 1. The molecule has 19 nitrogen and oxygen atoms in total. The van der Waals surface area contributed by atoms with Gasteiger partial charge in [0.15, 0.2) is 32.6 Å². The van der Waals surface area contributed by atoms with E-state index in [4.69, 9.17) is 10.5 Å². The molecule has 5 aromatic heterocycles. The maximum absolute atomic E-state index is 13.5. The minimum Gasteiger partial charge on any atom is -0.395 e. The predicted molar refractivity (Wildman–Crippen MR) is 213 cm³/mol. The molecule has 0 unspecified atom stereocenters. The average molecular weight is 809 g/mol. The third-order valence-electron chi connectivity index (χ3n) is 8.61. The number of nitrogens with one attached hydrogen (secondary N) is 4. The van der Waals surface area contributed by atoms with Gasteiger partial charge in [0.05, 0.1) is 48.2 Å². The molecule has 6 rings (SSSR count). The molecule has 0 aliphatic heterocycles. The number of aliphatic hydroxyl groups excluding tert-OH is 2. The minimum absolute atomic E-state index is 0.0104. The van der Waals surface area contributed by atoms with Crippen molar-refractivity contribution in [3.05, 3.63) is 57.2 Å². The Morgan fingerprint density at radius 2 is 1.50 bits per heavy atom. The highest BCUT2D eigenvalue weighted by molar-refractivity contribution is 8.00. The summed E-state index contributed by atoms with van der Waals surface area (Å²) < 4.78 is 10.8. The van der Waals surface area contributed by atoms with E-state index in [0.29, 0.717) is 34.7 Å². The molecule has 0 aliphatic carbocycles. The number of thioether (sulfide) groups is 2. The number of rotatable bonds is 18. The molecule has 6 aromatic rings. The van der Waals surface area contributed by atoms with Gasteiger partial charge < -0.3 is 45.4 Å². The number of amides is 2. The molecule has 0 bridgehead atoms. The number of nitrogens with zero attached hydrogens (tertiary/aromatic N) is 7. The van der Waals surface area contributed by atoms with Crippen molar-refractivity contribution in [1.82, 2.24) is 54.1 Å². The number of hydrogen-bond acceptors (Lipinski definition) is 14. The highest BCUT2D eigenvalue weighted by Crippen LogP contribution is 2.25. The summed E-state index contributed by atoms with van der Waals surface area (Å²) in [5.74, 6) is -0.291. The van der Waals surface area contributed by atoms with Gasteiger partial charge in [-0.05, 0) is 39.7 Å². The number of aromatic amines is 2. The Hall–Kier alpha value is -5.22. The first-order chi connectivity index (χ1) is 26.7. The van der Waals surface area contributed by atoms with Crippen LogP contribution < -0.4 is 27.5 Å². The van der Waals surface area contributed by atoms with Gasteiger partial charge in [0.25, 0.3) is 11.1 Å². The van der Waals surface area contributed by atoms with Crippen LogP contribution in [0.3, 0.4) is 0 Å². The summed E-state index contributed by atoms with van der Waals surface area (Å²) in [7, 11) is 0. The second kappa shape index (κ2) is 16.9. The second-order valence-corrected chi connectivity index (χ2v) is 16.0. The standard InChI is InChI=1S/C35H44N12O7S2/c1-34(2,19-54-35(3,4)10-11-37-22(50)17-55-32-39-24-26(45(32)12-14-48)41-30(36)43-28(24)52)44-23(51)18-56-33-40-25-27(46(33)13-15-49)42-31-38-21(16-47(31)29(25)53)20-8-6-5-7-9-20/h5-9,16,48-49H,10-15,17-19H2,1-4H3,(H,37,50)(H,38,42)(H,44,51)(H3,36,41,43,52). The van der Waals surface area contributed by atoms with Gasteiger partial charge in [-0.3, -0.25) is 24.2 Å². The minimum atomic E-state index is -0.753. The lowest BCUT2D eigenvalue weighted by atomic mass is 10.0. The zero-order valence-corrected chi connectivity index (χ0v) is 32.9. The van der Waals surface area contributed by atoms with Crippen molar-refractivity contribution < 1.29 is 24.5 Å². The van der Waals surface area contributed by atoms with Gasteiger partial charge in [-0.2, -0.15) is 9.97 Å². The van der Waals surface area contributed by atoms with Crippen molar-refractivity contribution in [3.63, 3.8) is 0 Å². The van der Waals surface area contributed by atoms with Gasteiger partial charge >= 0.3 is 0 Å². The Morgan fingerprint density at radius 1 is 0.875 bits per heavy atom. The first-order valence-electron chi connectivity index (χ1n) is 17.7. The predicted octanol–water partition coefficient (Wildman–Crippen LogP) is 1.12. The Bertz CT molecular complexity index is 2490. The summed E-state index contributed by atoms with van der Waals surface area (Å²) in [6.45, 7) is 7.76. The molecule has 1 aromatic carbocycles. The van der Waals surface area contributed by atoms with Crippen LogP contribution in [0.1, 0.15) is 34.1 Å². The van der Waals surface area contributed by atoms with E-state index in [-0.39, 0.29) is 84.4 Å². The maximum Gasteiger partial charge on any atom is 0.287 e. The van der Waals surface area contributed by atoms with Crippen LogP contribution in [0.4, 0.5) is 5.95 Å². The Labute approximate surface area is 327 Å². The van der Waals surface area contributed by atoms with Gasteiger partial charge in [-0.1, -0.05) is 53.9 Å². The van der Waals surface area contributed by atoms with Crippen molar-refractivity contribution in [2.45, 2.75) is 68.7 Å². The van der Waals surface area contributed by atoms with Crippen LogP contribution in [-0.2, 0) is 27.4 Å². The van der Waals surface area contributed by atoms with Crippen molar-refractivity contribution >= 4 is 69.4 Å². The van der Waals surface area contributed by atoms with E-state index in [1.807, 2.05) is 58.0 Å². The van der Waals surface area contributed by atoms with E-state index in [0.717, 1.165) is 34.8 Å². The molecule has 0 saturated carbocycles. The number of nitrogen functional groups attached to an aromatic ring is 1. The normalized spacial score (nSPS) is 12.2. The number of benzene rings is 1. The highest BCUT2D eigenvalue weighted by Gasteiger charge is 2.27. The zero-order valence-electron chi connectivity index (χ0n) is 31.3. The van der Waals surface area contributed by atoms with E-state index in [9.17, 15) is 29.4 Å². The number of anilines is 1. The number of aromatic nitrogens is 9. The number of aliphatic hydroxyl groups is 2. The molecule has 0 spiro atoms. The molecule has 2 amide bonds. The van der Waals surface area contributed by atoms with Crippen LogP contribution >= 0.6 is 23.5 Å². The van der Waals surface area contributed by atoms with Gasteiger partial charge in [0, 0.05) is 25.8 Å². The second-order valence-electron chi connectivity index (χ2n) is 14.1. The Balaban J connectivity index is 0.989. The summed E-state index contributed by atoms with van der Waals surface area (Å²) in [5, 5.41) is 25.9. The fraction of sp³-hybridized carbons (Fsp3) is 0.429. The molecular formula is C35H44N12O7S2. The van der Waals surface area contributed by atoms with Crippen LogP contribution in [-0.4, -0.2) is 114 Å². The lowest BCUT2D eigenvalue weighted by Crippen LogP contribution is -2.49. The van der Waals surface area contributed by atoms with Crippen LogP contribution in [0.5, 0.6) is 0 Å². The van der Waals surface area contributed by atoms with Crippen molar-refractivity contribution in [2.24, 2.45) is 0 Å². The van der Waals surface area contributed by atoms with Crippen molar-refractivity contribution in [1.29, 1.82) is 0 Å². The molecule has 0 atom stereocenters. The van der Waals surface area contributed by atoms with E-state index in [1.165, 1.54) is 4.40 Å². The van der Waals surface area contributed by atoms with E-state index in [1.54, 1.807) is 15.3 Å². The molecule has 21 heteroatoms. The number of fused-ring (bicyclic) bond motifs is 3. The Morgan fingerprint density at radius 3 is 2.16 bits per heavy atom. The summed E-state index contributed by atoms with van der Waals surface area (Å²) in [5.41, 5.74) is 5.73. The monoisotopic (exact) mass is 808 g/mol. The van der Waals surface area contributed by atoms with Gasteiger partial charge in [-0.15, -0.1) is 0 Å². The highest BCUT2D eigenvalue weighted by atomic mass is 32.2. The number of ether oxygens (including phenoxy) is 1. The van der Waals surface area contributed by atoms with E-state index < -0.39 is 16.7 Å². The number of hydrogen-bond donors (Lipinski definition) is 7. The fourth-order valence-electron chi connectivity index (χ4n) is 5.84. The summed E-state index contributed by atoms with van der Waals surface area (Å²) in [4.78, 5) is 74.7. The molecule has 0 radical (unpaired) electrons. The first-order valence-corrected chi connectivity index (χ1v) is 19.7. The topological polar surface area (TPSA) is 265 Å². The number of imidazole rings is 3. The lowest BCUT2D eigenvalue weighted by molar-refractivity contribution is -0.123. The van der Waals surface area contributed by atoms with Gasteiger partial charge in [0.2, 0.25) is 23.5 Å². The van der Waals surface area contributed by atoms with E-state index in [2.05, 4.69) is 40.5 Å². The summed E-state index contributed by atoms with van der Waals surface area (Å²) in [6.07, 6.45) is 2.15. The van der Waals surface area contributed by atoms with Crippen molar-refractivity contribution in [3.8, 4) is 11.3 Å². The molecule has 0 saturated heterocycles. The van der Waals surface area contributed by atoms with Crippen LogP contribution in [0.2, 0.25) is 0 Å².